The van der Waals surface area contributed by atoms with Gasteiger partial charge >= 0.3 is 0 Å². The molecule has 0 aromatic heterocycles. The van der Waals surface area contributed by atoms with E-state index in [1.807, 2.05) is 115 Å². The van der Waals surface area contributed by atoms with Crippen LogP contribution in [0.2, 0.25) is 5.02 Å². The van der Waals surface area contributed by atoms with Gasteiger partial charge in [-0.3, -0.25) is 9.59 Å². The van der Waals surface area contributed by atoms with Crippen molar-refractivity contribution in [2.75, 3.05) is 7.05 Å². The number of carbonyl (C=O) groups excluding carboxylic acids is 2. The van der Waals surface area contributed by atoms with Gasteiger partial charge < -0.3 is 10.2 Å². The number of hydrogen-bond donors (Lipinski definition) is 1. The van der Waals surface area contributed by atoms with E-state index in [-0.39, 0.29) is 30.7 Å². The Morgan fingerprint density at radius 1 is 0.757 bits per heavy atom. The Bertz CT molecular complexity index is 1260. The van der Waals surface area contributed by atoms with Gasteiger partial charge in [0.25, 0.3) is 0 Å². The number of benzene rings is 4. The minimum Gasteiger partial charge on any atom is -0.357 e. The highest BCUT2D eigenvalue weighted by Gasteiger charge is 2.32. The zero-order chi connectivity index (χ0) is 26.0. The molecule has 0 aliphatic carbocycles. The SMILES string of the molecule is CNC(=O)[C@@H](Cc1ccccc1)N(Cc1ccccc1Cl)C(=O)CC(c1ccccc1)c1ccccc1. The lowest BCUT2D eigenvalue weighted by molar-refractivity contribution is -0.141. The van der Waals surface area contributed by atoms with Gasteiger partial charge in [0.2, 0.25) is 11.8 Å². The fourth-order valence-corrected chi connectivity index (χ4v) is 4.82. The van der Waals surface area contributed by atoms with Crippen molar-refractivity contribution in [2.24, 2.45) is 0 Å². The number of nitrogens with one attached hydrogen (secondary N) is 1. The van der Waals surface area contributed by atoms with Crippen LogP contribution in [0.4, 0.5) is 0 Å². The van der Waals surface area contributed by atoms with Gasteiger partial charge in [-0.1, -0.05) is 121 Å². The van der Waals surface area contributed by atoms with E-state index in [2.05, 4.69) is 5.32 Å². The van der Waals surface area contributed by atoms with Crippen molar-refractivity contribution in [3.8, 4) is 0 Å². The molecule has 0 fully saturated rings. The van der Waals surface area contributed by atoms with Gasteiger partial charge in [-0.2, -0.15) is 0 Å². The number of hydrogen-bond acceptors (Lipinski definition) is 2. The standard InChI is InChI=1S/C32H31ClN2O2/c1-34-32(37)30(21-24-13-5-2-6-14-24)35(23-27-19-11-12-20-29(27)33)31(36)22-28(25-15-7-3-8-16-25)26-17-9-4-10-18-26/h2-20,28,30H,21-23H2,1H3,(H,34,37)/t30-/m1/s1. The molecule has 1 N–H and O–H groups in total. The van der Waals surface area contributed by atoms with Crippen molar-refractivity contribution < 1.29 is 9.59 Å². The molecule has 0 radical (unpaired) electrons. The number of halogens is 1. The highest BCUT2D eigenvalue weighted by Crippen LogP contribution is 2.30. The van der Waals surface area contributed by atoms with E-state index in [9.17, 15) is 9.59 Å². The van der Waals surface area contributed by atoms with Gasteiger partial charge in [-0.25, -0.2) is 0 Å². The Labute approximate surface area is 223 Å². The first-order valence-corrected chi connectivity index (χ1v) is 12.8. The van der Waals surface area contributed by atoms with E-state index in [0.29, 0.717) is 11.4 Å². The van der Waals surface area contributed by atoms with Gasteiger partial charge in [-0.15, -0.1) is 0 Å². The maximum absolute atomic E-state index is 14.2. The molecule has 188 valence electrons. The molecule has 0 saturated heterocycles. The van der Waals surface area contributed by atoms with E-state index >= 15 is 0 Å². The number of amides is 2. The molecule has 0 aliphatic heterocycles. The molecule has 0 heterocycles. The van der Waals surface area contributed by atoms with Crippen LogP contribution in [0.15, 0.2) is 115 Å². The van der Waals surface area contributed by atoms with Gasteiger partial charge in [0.05, 0.1) is 0 Å². The van der Waals surface area contributed by atoms with Crippen LogP contribution < -0.4 is 5.32 Å². The van der Waals surface area contributed by atoms with Crippen molar-refractivity contribution in [2.45, 2.75) is 31.3 Å². The average Bonchev–Trinajstić information content (AvgIpc) is 2.95. The van der Waals surface area contributed by atoms with E-state index in [4.69, 9.17) is 11.6 Å². The second-order valence-corrected chi connectivity index (χ2v) is 9.42. The summed E-state index contributed by atoms with van der Waals surface area (Å²) in [6.45, 7) is 0.236. The lowest BCUT2D eigenvalue weighted by Crippen LogP contribution is -2.50. The van der Waals surface area contributed by atoms with E-state index < -0.39 is 6.04 Å². The third-order valence-corrected chi connectivity index (χ3v) is 6.97. The molecule has 4 aromatic carbocycles. The van der Waals surface area contributed by atoms with Crippen LogP contribution in [0.1, 0.15) is 34.6 Å². The summed E-state index contributed by atoms with van der Waals surface area (Å²) in [5.74, 6) is -0.465. The second kappa shape index (κ2) is 12.9. The first-order valence-electron chi connectivity index (χ1n) is 12.4. The lowest BCUT2D eigenvalue weighted by atomic mass is 9.87. The lowest BCUT2D eigenvalue weighted by Gasteiger charge is -2.33. The van der Waals surface area contributed by atoms with Gasteiger partial charge in [-0.05, 0) is 28.3 Å². The molecule has 4 rings (SSSR count). The summed E-state index contributed by atoms with van der Waals surface area (Å²) in [6, 6.07) is 36.6. The summed E-state index contributed by atoms with van der Waals surface area (Å²) in [6.07, 6.45) is 0.624. The van der Waals surface area contributed by atoms with Crippen molar-refractivity contribution in [3.63, 3.8) is 0 Å². The molecule has 37 heavy (non-hydrogen) atoms. The summed E-state index contributed by atoms with van der Waals surface area (Å²) >= 11 is 6.51. The van der Waals surface area contributed by atoms with Crippen molar-refractivity contribution in [1.29, 1.82) is 0 Å². The van der Waals surface area contributed by atoms with Gasteiger partial charge in [0.1, 0.15) is 6.04 Å². The maximum Gasteiger partial charge on any atom is 0.242 e. The molecule has 4 aromatic rings. The average molecular weight is 511 g/mol. The van der Waals surface area contributed by atoms with Gasteiger partial charge in [0.15, 0.2) is 0 Å². The zero-order valence-electron chi connectivity index (χ0n) is 20.9. The molecule has 2 amide bonds. The minimum absolute atomic E-state index is 0.109. The molecule has 0 bridgehead atoms. The summed E-state index contributed by atoms with van der Waals surface area (Å²) in [5.41, 5.74) is 3.89. The normalized spacial score (nSPS) is 11.6. The van der Waals surface area contributed by atoms with Crippen molar-refractivity contribution in [3.05, 3.63) is 143 Å². The maximum atomic E-state index is 14.2. The molecule has 4 nitrogen and oxygen atoms in total. The Morgan fingerprint density at radius 2 is 1.27 bits per heavy atom. The van der Waals surface area contributed by atoms with Crippen molar-refractivity contribution in [1.82, 2.24) is 10.2 Å². The molecule has 0 unspecified atom stereocenters. The summed E-state index contributed by atoms with van der Waals surface area (Å²) in [5, 5.41) is 3.34. The van der Waals surface area contributed by atoms with Crippen molar-refractivity contribution >= 4 is 23.4 Å². The Morgan fingerprint density at radius 3 is 1.81 bits per heavy atom. The quantitative estimate of drug-likeness (QED) is 0.274. The van der Waals surface area contributed by atoms with Crippen LogP contribution in [-0.2, 0) is 22.6 Å². The predicted octanol–water partition coefficient (Wildman–Crippen LogP) is 6.25. The first kappa shape index (κ1) is 26.2. The van der Waals surface area contributed by atoms with Gasteiger partial charge in [0, 0.05) is 37.4 Å². The molecule has 0 aliphatic rings. The van der Waals surface area contributed by atoms with E-state index in [1.54, 1.807) is 11.9 Å². The number of nitrogens with zero attached hydrogens (tertiary/aromatic N) is 1. The molecule has 5 heteroatoms. The minimum atomic E-state index is -0.691. The largest absolute Gasteiger partial charge is 0.357 e. The highest BCUT2D eigenvalue weighted by molar-refractivity contribution is 6.31. The highest BCUT2D eigenvalue weighted by atomic mass is 35.5. The van der Waals surface area contributed by atoms with E-state index in [0.717, 1.165) is 22.3 Å². The third kappa shape index (κ3) is 6.87. The number of likely N-dealkylation sites (N-methyl/N-ethyl adjacent to an activating group) is 1. The van der Waals surface area contributed by atoms with E-state index in [1.165, 1.54) is 0 Å². The summed E-state index contributed by atoms with van der Waals surface area (Å²) < 4.78 is 0. The first-order chi connectivity index (χ1) is 18.1. The zero-order valence-corrected chi connectivity index (χ0v) is 21.6. The Hall–Kier alpha value is -3.89. The molecular formula is C32H31ClN2O2. The molecule has 0 saturated carbocycles. The molecule has 1 atom stereocenters. The molecular weight excluding hydrogens is 480 g/mol. The number of carbonyl (C=O) groups is 2. The Kier molecular flexibility index (Phi) is 9.12. The second-order valence-electron chi connectivity index (χ2n) is 9.01. The van der Waals surface area contributed by atoms with Crippen LogP contribution >= 0.6 is 11.6 Å². The third-order valence-electron chi connectivity index (χ3n) is 6.60. The Balaban J connectivity index is 1.72. The fraction of sp³-hybridized carbons (Fsp3) is 0.188. The molecule has 0 spiro atoms. The van der Waals surface area contributed by atoms with Crippen LogP contribution in [0.5, 0.6) is 0 Å². The monoisotopic (exact) mass is 510 g/mol. The van der Waals surface area contributed by atoms with Crippen LogP contribution in [0.25, 0.3) is 0 Å². The topological polar surface area (TPSA) is 49.4 Å². The predicted molar refractivity (Wildman–Crippen MR) is 149 cm³/mol. The number of rotatable bonds is 10. The summed E-state index contributed by atoms with van der Waals surface area (Å²) in [7, 11) is 1.61. The fourth-order valence-electron chi connectivity index (χ4n) is 4.62. The van der Waals surface area contributed by atoms with Crippen LogP contribution in [-0.4, -0.2) is 29.8 Å². The van der Waals surface area contributed by atoms with Crippen LogP contribution in [0, 0.1) is 0 Å². The summed E-state index contributed by atoms with van der Waals surface area (Å²) in [4.78, 5) is 29.1. The smallest absolute Gasteiger partial charge is 0.242 e. The van der Waals surface area contributed by atoms with Crippen LogP contribution in [0.3, 0.4) is 0 Å².